The maximum Gasteiger partial charge on any atom is 0.123 e. The third kappa shape index (κ3) is 4.76. The van der Waals surface area contributed by atoms with Crippen LogP contribution in [0.2, 0.25) is 0 Å². The first-order valence-electron chi connectivity index (χ1n) is 7.18. The number of ether oxygens (including phenoxy) is 1. The lowest BCUT2D eigenvalue weighted by Crippen LogP contribution is -2.34. The Morgan fingerprint density at radius 3 is 2.60 bits per heavy atom. The predicted octanol–water partition coefficient (Wildman–Crippen LogP) is 3.04. The molecule has 0 fully saturated rings. The van der Waals surface area contributed by atoms with Crippen LogP contribution in [0.5, 0.6) is 0 Å². The smallest absolute Gasteiger partial charge is 0.123 e. The Morgan fingerprint density at radius 1 is 1.30 bits per heavy atom. The number of nitrogens with one attached hydrogen (secondary N) is 1. The lowest BCUT2D eigenvalue weighted by molar-refractivity contribution is 0.199. The van der Waals surface area contributed by atoms with Crippen LogP contribution in [0.4, 0.5) is 10.1 Å². The molecule has 1 aromatic carbocycles. The molecule has 0 saturated carbocycles. The van der Waals surface area contributed by atoms with Crippen LogP contribution in [0.15, 0.2) is 18.2 Å². The summed E-state index contributed by atoms with van der Waals surface area (Å²) in [5.74, 6) is 0.349. The lowest BCUT2D eigenvalue weighted by Gasteiger charge is -2.31. The van der Waals surface area contributed by atoms with Gasteiger partial charge in [-0.15, -0.1) is 0 Å². The van der Waals surface area contributed by atoms with E-state index in [1.807, 2.05) is 6.07 Å². The molecule has 20 heavy (non-hydrogen) atoms. The van der Waals surface area contributed by atoms with Crippen molar-refractivity contribution in [2.75, 3.05) is 32.2 Å². The van der Waals surface area contributed by atoms with Gasteiger partial charge in [-0.25, -0.2) is 4.39 Å². The Morgan fingerprint density at radius 2 is 2.00 bits per heavy atom. The first kappa shape index (κ1) is 16.9. The van der Waals surface area contributed by atoms with E-state index in [-0.39, 0.29) is 5.82 Å². The van der Waals surface area contributed by atoms with Crippen molar-refractivity contribution < 1.29 is 9.13 Å². The topological polar surface area (TPSA) is 24.5 Å². The summed E-state index contributed by atoms with van der Waals surface area (Å²) in [6, 6.07) is 5.40. The zero-order chi connectivity index (χ0) is 15.1. The molecule has 0 heterocycles. The molecule has 114 valence electrons. The highest BCUT2D eigenvalue weighted by Crippen LogP contribution is 2.24. The normalized spacial score (nSPS) is 12.8. The largest absolute Gasteiger partial charge is 0.383 e. The second kappa shape index (κ2) is 8.22. The van der Waals surface area contributed by atoms with Gasteiger partial charge in [0, 0.05) is 39.0 Å². The summed E-state index contributed by atoms with van der Waals surface area (Å²) < 4.78 is 18.5. The predicted molar refractivity (Wildman–Crippen MR) is 82.7 cm³/mol. The van der Waals surface area contributed by atoms with Gasteiger partial charge in [-0.3, -0.25) is 0 Å². The van der Waals surface area contributed by atoms with Crippen LogP contribution < -0.4 is 10.2 Å². The summed E-state index contributed by atoms with van der Waals surface area (Å²) in [6.45, 7) is 8.64. The van der Waals surface area contributed by atoms with Gasteiger partial charge in [0.2, 0.25) is 0 Å². The second-order valence-electron chi connectivity index (χ2n) is 5.54. The number of nitrogens with zero attached hydrogens (tertiary/aromatic N) is 1. The van der Waals surface area contributed by atoms with Gasteiger partial charge in [0.05, 0.1) is 6.61 Å². The molecule has 1 aromatic rings. The molecule has 1 rings (SSSR count). The van der Waals surface area contributed by atoms with E-state index >= 15 is 0 Å². The molecule has 0 saturated heterocycles. The molecule has 0 aliphatic heterocycles. The maximum absolute atomic E-state index is 13.5. The van der Waals surface area contributed by atoms with Crippen LogP contribution in [0, 0.1) is 11.7 Å². The highest BCUT2D eigenvalue weighted by Gasteiger charge is 2.16. The minimum absolute atomic E-state index is 0.192. The van der Waals surface area contributed by atoms with Gasteiger partial charge in [-0.2, -0.15) is 0 Å². The minimum atomic E-state index is -0.192. The SMILES string of the molecule is COCCNCc1cc(F)ccc1N(C)C(C)C(C)C. The van der Waals surface area contributed by atoms with E-state index in [0.29, 0.717) is 25.1 Å². The molecule has 3 nitrogen and oxygen atoms in total. The fourth-order valence-electron chi connectivity index (χ4n) is 2.10. The van der Waals surface area contributed by atoms with Crippen molar-refractivity contribution in [3.63, 3.8) is 0 Å². The maximum atomic E-state index is 13.5. The Labute approximate surface area is 122 Å². The summed E-state index contributed by atoms with van der Waals surface area (Å²) in [5.41, 5.74) is 2.06. The van der Waals surface area contributed by atoms with Crippen LogP contribution in [0.1, 0.15) is 26.3 Å². The van der Waals surface area contributed by atoms with Gasteiger partial charge in [0.15, 0.2) is 0 Å². The number of halogens is 1. The lowest BCUT2D eigenvalue weighted by atomic mass is 10.0. The summed E-state index contributed by atoms with van der Waals surface area (Å²) >= 11 is 0. The summed E-state index contributed by atoms with van der Waals surface area (Å²) in [5, 5.41) is 3.27. The van der Waals surface area contributed by atoms with Crippen LogP contribution in [-0.2, 0) is 11.3 Å². The first-order chi connectivity index (χ1) is 9.47. The number of methoxy groups -OCH3 is 1. The molecule has 0 bridgehead atoms. The fraction of sp³-hybridized carbons (Fsp3) is 0.625. The molecule has 0 aliphatic rings. The van der Waals surface area contributed by atoms with E-state index in [2.05, 4.69) is 38.0 Å². The number of anilines is 1. The molecular formula is C16H27FN2O. The minimum Gasteiger partial charge on any atom is -0.383 e. The van der Waals surface area contributed by atoms with Crippen LogP contribution in [-0.4, -0.2) is 33.4 Å². The van der Waals surface area contributed by atoms with Crippen molar-refractivity contribution in [2.24, 2.45) is 5.92 Å². The zero-order valence-electron chi connectivity index (χ0n) is 13.2. The average molecular weight is 282 g/mol. The van der Waals surface area contributed by atoms with Gasteiger partial charge >= 0.3 is 0 Å². The van der Waals surface area contributed by atoms with E-state index in [1.54, 1.807) is 13.2 Å². The summed E-state index contributed by atoms with van der Waals surface area (Å²) in [6.07, 6.45) is 0. The number of hydrogen-bond acceptors (Lipinski definition) is 3. The van der Waals surface area contributed by atoms with Crippen LogP contribution >= 0.6 is 0 Å². The van der Waals surface area contributed by atoms with Crippen LogP contribution in [0.3, 0.4) is 0 Å². The molecule has 0 amide bonds. The molecule has 1 atom stereocenters. The van der Waals surface area contributed by atoms with Gasteiger partial charge in [-0.05, 0) is 36.6 Å². The van der Waals surface area contributed by atoms with Gasteiger partial charge in [-0.1, -0.05) is 13.8 Å². The quantitative estimate of drug-likeness (QED) is 0.742. The average Bonchev–Trinajstić information content (AvgIpc) is 2.42. The van der Waals surface area contributed by atoms with E-state index in [1.165, 1.54) is 6.07 Å². The molecule has 0 aliphatic carbocycles. The molecule has 1 N–H and O–H groups in total. The first-order valence-corrected chi connectivity index (χ1v) is 7.18. The number of benzene rings is 1. The second-order valence-corrected chi connectivity index (χ2v) is 5.54. The number of hydrogen-bond donors (Lipinski definition) is 1. The molecule has 0 spiro atoms. The Kier molecular flexibility index (Phi) is 6.96. The van der Waals surface area contributed by atoms with Crippen LogP contribution in [0.25, 0.3) is 0 Å². The zero-order valence-corrected chi connectivity index (χ0v) is 13.2. The third-order valence-electron chi connectivity index (χ3n) is 3.80. The highest BCUT2D eigenvalue weighted by molar-refractivity contribution is 5.54. The van der Waals surface area contributed by atoms with Crippen molar-refractivity contribution in [1.82, 2.24) is 5.32 Å². The molecule has 4 heteroatoms. The Balaban J connectivity index is 2.83. The molecule has 1 unspecified atom stereocenters. The Bertz CT molecular complexity index is 409. The van der Waals surface area contributed by atoms with E-state index in [4.69, 9.17) is 4.74 Å². The standard InChI is InChI=1S/C16H27FN2O/c1-12(2)13(3)19(4)16-7-6-15(17)10-14(16)11-18-8-9-20-5/h6-7,10,12-13,18H,8-9,11H2,1-5H3. The monoisotopic (exact) mass is 282 g/mol. The number of rotatable bonds is 8. The van der Waals surface area contributed by atoms with Crippen molar-refractivity contribution in [2.45, 2.75) is 33.4 Å². The van der Waals surface area contributed by atoms with Crippen molar-refractivity contribution >= 4 is 5.69 Å². The van der Waals surface area contributed by atoms with Crippen molar-refractivity contribution in [3.05, 3.63) is 29.6 Å². The van der Waals surface area contributed by atoms with E-state index < -0.39 is 0 Å². The molecular weight excluding hydrogens is 255 g/mol. The van der Waals surface area contributed by atoms with Gasteiger partial charge in [0.1, 0.15) is 5.82 Å². The molecule has 0 aromatic heterocycles. The van der Waals surface area contributed by atoms with Gasteiger partial charge < -0.3 is 15.0 Å². The van der Waals surface area contributed by atoms with E-state index in [0.717, 1.165) is 17.8 Å². The molecule has 0 radical (unpaired) electrons. The van der Waals surface area contributed by atoms with Crippen molar-refractivity contribution in [1.29, 1.82) is 0 Å². The van der Waals surface area contributed by atoms with Gasteiger partial charge in [0.25, 0.3) is 0 Å². The van der Waals surface area contributed by atoms with E-state index in [9.17, 15) is 4.39 Å². The highest BCUT2D eigenvalue weighted by atomic mass is 19.1. The Hall–Kier alpha value is -1.13. The third-order valence-corrected chi connectivity index (χ3v) is 3.80. The van der Waals surface area contributed by atoms with Crippen molar-refractivity contribution in [3.8, 4) is 0 Å². The summed E-state index contributed by atoms with van der Waals surface area (Å²) in [7, 11) is 3.74. The summed E-state index contributed by atoms with van der Waals surface area (Å²) in [4.78, 5) is 2.22. The fourth-order valence-corrected chi connectivity index (χ4v) is 2.10.